The topological polar surface area (TPSA) is 3.24 Å². The number of para-hydroxylation sites is 2. The number of rotatable bonds is 3. The Balaban J connectivity index is 1.08. The second-order valence-electron chi connectivity index (χ2n) is 15.9. The summed E-state index contributed by atoms with van der Waals surface area (Å²) in [4.78, 5) is 5.85. The highest BCUT2D eigenvalue weighted by Gasteiger charge is 2.62. The van der Waals surface area contributed by atoms with Gasteiger partial charge in [-0.15, -0.1) is 23.5 Å². The molecule has 11 rings (SSSR count). The smallest absolute Gasteiger partial charge is 0.0635 e. The summed E-state index contributed by atoms with van der Waals surface area (Å²) in [6, 6.07) is 20.4. The van der Waals surface area contributed by atoms with Gasteiger partial charge in [0.25, 0.3) is 0 Å². The molecular weight excluding hydrogens is 667 g/mol. The van der Waals surface area contributed by atoms with Gasteiger partial charge >= 0.3 is 0 Å². The van der Waals surface area contributed by atoms with E-state index in [0.29, 0.717) is 40.1 Å². The van der Waals surface area contributed by atoms with Crippen LogP contribution in [0.4, 0.5) is 11.4 Å². The van der Waals surface area contributed by atoms with Gasteiger partial charge in [0.15, 0.2) is 0 Å². The van der Waals surface area contributed by atoms with Crippen molar-refractivity contribution in [3.63, 3.8) is 0 Å². The van der Waals surface area contributed by atoms with E-state index in [1.54, 1.807) is 21.0 Å². The number of anilines is 2. The van der Waals surface area contributed by atoms with E-state index < -0.39 is 0 Å². The van der Waals surface area contributed by atoms with Crippen LogP contribution in [0.5, 0.6) is 0 Å². The molecule has 1 fully saturated rings. The minimum atomic E-state index is -0.0893. The summed E-state index contributed by atoms with van der Waals surface area (Å²) >= 11 is 4.41. The molecule has 0 amide bonds. The molecule has 1 saturated heterocycles. The van der Waals surface area contributed by atoms with Crippen molar-refractivity contribution in [1.82, 2.24) is 0 Å². The van der Waals surface area contributed by atoms with Gasteiger partial charge in [-0.25, -0.2) is 0 Å². The number of hydrogen-bond donors (Lipinski definition) is 0. The number of allylic oxidation sites excluding steroid dienone is 18. The molecule has 0 N–H and O–H groups in total. The molecule has 9 atom stereocenters. The number of nitrogens with zero attached hydrogens (tertiary/aromatic N) is 1. The van der Waals surface area contributed by atoms with Crippen LogP contribution in [0.3, 0.4) is 0 Å². The molecule has 1 nitrogen and oxygen atoms in total. The first kappa shape index (κ1) is 31.6. The van der Waals surface area contributed by atoms with Crippen LogP contribution < -0.4 is 4.90 Å². The van der Waals surface area contributed by atoms with Gasteiger partial charge in [0, 0.05) is 49.9 Å². The Morgan fingerprint density at radius 1 is 0.750 bits per heavy atom. The maximum atomic E-state index is 2.69. The lowest BCUT2D eigenvalue weighted by Crippen LogP contribution is -2.54. The lowest BCUT2D eigenvalue weighted by atomic mass is 9.50. The molecule has 1 spiro atoms. The van der Waals surface area contributed by atoms with Gasteiger partial charge in [0.05, 0.1) is 6.04 Å². The van der Waals surface area contributed by atoms with E-state index in [1.165, 1.54) is 47.3 Å². The molecule has 2 aromatic carbocycles. The van der Waals surface area contributed by atoms with Crippen molar-refractivity contribution in [1.29, 1.82) is 0 Å². The summed E-state index contributed by atoms with van der Waals surface area (Å²) in [6.45, 7) is 0. The van der Waals surface area contributed by atoms with Crippen molar-refractivity contribution in [3.8, 4) is 0 Å². The quantitative estimate of drug-likeness (QED) is 0.292. The molecule has 0 bridgehead atoms. The highest BCUT2D eigenvalue weighted by Crippen LogP contribution is 2.71. The summed E-state index contributed by atoms with van der Waals surface area (Å²) in [5, 5.41) is 1.00. The zero-order valence-electron chi connectivity index (χ0n) is 29.6. The fraction of sp³-hybridized carbons (Fsp3) is 0.306. The maximum Gasteiger partial charge on any atom is 0.0635 e. The van der Waals surface area contributed by atoms with E-state index >= 15 is 0 Å². The molecule has 0 aromatic heterocycles. The first-order valence-corrected chi connectivity index (χ1v) is 21.4. The highest BCUT2D eigenvalue weighted by molar-refractivity contribution is 8.04. The van der Waals surface area contributed by atoms with Gasteiger partial charge in [-0.05, 0) is 101 Å². The molecular formula is C49H45NS2. The van der Waals surface area contributed by atoms with Gasteiger partial charge in [-0.3, -0.25) is 0 Å². The number of hydrogen-bond acceptors (Lipinski definition) is 3. The average Bonchev–Trinajstić information content (AvgIpc) is 3.54. The van der Waals surface area contributed by atoms with Gasteiger partial charge in [0.1, 0.15) is 0 Å². The fourth-order valence-corrected chi connectivity index (χ4v) is 14.5. The molecule has 0 radical (unpaired) electrons. The van der Waals surface area contributed by atoms with Crippen molar-refractivity contribution < 1.29 is 0 Å². The second-order valence-corrected chi connectivity index (χ2v) is 18.5. The van der Waals surface area contributed by atoms with E-state index in [2.05, 4.69) is 180 Å². The normalized spacial score (nSPS) is 36.2. The molecule has 9 unspecified atom stereocenters. The van der Waals surface area contributed by atoms with Crippen LogP contribution in [-0.4, -0.2) is 16.5 Å². The van der Waals surface area contributed by atoms with Gasteiger partial charge in [-0.2, -0.15) is 0 Å². The monoisotopic (exact) mass is 711 g/mol. The third-order valence-corrected chi connectivity index (χ3v) is 16.2. The lowest BCUT2D eigenvalue weighted by Gasteiger charge is -2.61. The number of thioether (sulfide) groups is 2. The Hall–Kier alpha value is -3.92. The SMILES string of the molecule is C1=CCC(C2C=CC3=C(C2)SC2CCC=CC2C32C3=CCCC=C3SC3C=CC=C(C4=CC5C(C=C4)c4ccccc4N5c4ccccc4)C32)C=C1. The van der Waals surface area contributed by atoms with E-state index in [0.717, 1.165) is 19.3 Å². The maximum absolute atomic E-state index is 2.69. The predicted molar refractivity (Wildman–Crippen MR) is 223 cm³/mol. The van der Waals surface area contributed by atoms with Crippen LogP contribution in [0.25, 0.3) is 0 Å². The van der Waals surface area contributed by atoms with Crippen LogP contribution in [0.15, 0.2) is 184 Å². The highest BCUT2D eigenvalue weighted by atomic mass is 32.2. The van der Waals surface area contributed by atoms with Crippen LogP contribution in [0.1, 0.15) is 50.0 Å². The fourth-order valence-electron chi connectivity index (χ4n) is 11.3. The van der Waals surface area contributed by atoms with E-state index in [9.17, 15) is 0 Å². The second kappa shape index (κ2) is 12.6. The first-order valence-electron chi connectivity index (χ1n) is 19.7. The largest absolute Gasteiger partial charge is 0.333 e. The minimum Gasteiger partial charge on any atom is -0.333 e. The van der Waals surface area contributed by atoms with E-state index in [1.807, 2.05) is 0 Å². The molecule has 258 valence electrons. The third-order valence-electron chi connectivity index (χ3n) is 13.4. The van der Waals surface area contributed by atoms with E-state index in [4.69, 9.17) is 0 Å². The van der Waals surface area contributed by atoms with Gasteiger partial charge < -0.3 is 4.90 Å². The van der Waals surface area contributed by atoms with Gasteiger partial charge in [0.2, 0.25) is 0 Å². The third kappa shape index (κ3) is 4.70. The minimum absolute atomic E-state index is 0.0893. The summed E-state index contributed by atoms with van der Waals surface area (Å²) in [6.07, 6.45) is 47.4. The summed E-state index contributed by atoms with van der Waals surface area (Å²) in [5.41, 5.74) is 10.2. The van der Waals surface area contributed by atoms with Crippen molar-refractivity contribution in [2.24, 2.45) is 29.1 Å². The molecule has 6 aliphatic carbocycles. The summed E-state index contributed by atoms with van der Waals surface area (Å²) in [7, 11) is 0. The summed E-state index contributed by atoms with van der Waals surface area (Å²) in [5.74, 6) is 2.33. The Bertz CT molecular complexity index is 2170. The predicted octanol–water partition coefficient (Wildman–Crippen LogP) is 12.6. The van der Waals surface area contributed by atoms with Crippen molar-refractivity contribution >= 4 is 34.9 Å². The van der Waals surface area contributed by atoms with Crippen molar-refractivity contribution in [2.45, 2.75) is 61.0 Å². The van der Waals surface area contributed by atoms with Crippen LogP contribution in [0.2, 0.25) is 0 Å². The molecule has 3 heteroatoms. The number of fused-ring (bicyclic) bond motifs is 10. The van der Waals surface area contributed by atoms with Gasteiger partial charge in [-0.1, -0.05) is 134 Å². The molecule has 52 heavy (non-hydrogen) atoms. The van der Waals surface area contributed by atoms with E-state index in [-0.39, 0.29) is 11.5 Å². The molecule has 0 saturated carbocycles. The van der Waals surface area contributed by atoms with Crippen LogP contribution >= 0.6 is 23.5 Å². The number of benzene rings is 2. The van der Waals surface area contributed by atoms with Crippen molar-refractivity contribution in [2.75, 3.05) is 4.90 Å². The van der Waals surface area contributed by atoms with Crippen LogP contribution in [-0.2, 0) is 0 Å². The van der Waals surface area contributed by atoms with Crippen molar-refractivity contribution in [3.05, 3.63) is 189 Å². The Labute approximate surface area is 317 Å². The average molecular weight is 712 g/mol. The first-order chi connectivity index (χ1) is 25.8. The Morgan fingerprint density at radius 2 is 1.65 bits per heavy atom. The summed E-state index contributed by atoms with van der Waals surface area (Å²) < 4.78 is 0. The van der Waals surface area contributed by atoms with Crippen LogP contribution in [0, 0.1) is 29.1 Å². The molecule has 2 aromatic rings. The molecule has 9 aliphatic rings. The zero-order valence-corrected chi connectivity index (χ0v) is 31.2. The molecule has 3 heterocycles. The standard InChI is InChI=1S/C49H45NS2/c1-3-14-32(15-4-1)33-27-29-41-47(31-33)52-45-24-12-9-21-40(45)49(41)39-20-8-11-23-44(39)51-46-25-13-19-36(48(46)49)34-26-28-38-37-18-7-10-22-42(37)50(43(38)30-34)35-16-5-2-6-17-35/h1-7,9-10,13-14,16-23,25-30,32-33,38,40,43,45-46,48H,8,11-12,15,24,31H2. The zero-order chi connectivity index (χ0) is 34.2. The lowest BCUT2D eigenvalue weighted by molar-refractivity contribution is 0.210. The molecule has 3 aliphatic heterocycles. The Morgan fingerprint density at radius 3 is 2.58 bits per heavy atom. The Kier molecular flexibility index (Phi) is 7.65.